The minimum Gasteiger partial charge on any atom is -0.488 e. The Morgan fingerprint density at radius 1 is 1.40 bits per heavy atom. The molecular weight excluding hydrogens is 248 g/mol. The summed E-state index contributed by atoms with van der Waals surface area (Å²) in [7, 11) is 0. The van der Waals surface area contributed by atoms with Gasteiger partial charge in [0.05, 0.1) is 0 Å². The molecule has 20 heavy (non-hydrogen) atoms. The first kappa shape index (κ1) is 13.9. The van der Waals surface area contributed by atoms with E-state index in [9.17, 15) is 0 Å². The van der Waals surface area contributed by atoms with Gasteiger partial charge in [-0.3, -0.25) is 4.90 Å². The van der Waals surface area contributed by atoms with Crippen molar-refractivity contribution in [2.45, 2.75) is 51.8 Å². The summed E-state index contributed by atoms with van der Waals surface area (Å²) in [5.74, 6) is 1.09. The monoisotopic (exact) mass is 274 g/mol. The molecule has 1 aromatic rings. The van der Waals surface area contributed by atoms with Crippen molar-refractivity contribution in [1.29, 1.82) is 0 Å². The zero-order valence-corrected chi connectivity index (χ0v) is 12.9. The van der Waals surface area contributed by atoms with Crippen LogP contribution in [-0.2, 0) is 6.42 Å². The van der Waals surface area contributed by atoms with Gasteiger partial charge in [0, 0.05) is 38.1 Å². The van der Waals surface area contributed by atoms with E-state index in [1.54, 1.807) is 0 Å². The maximum atomic E-state index is 6.13. The number of piperazine rings is 1. The molecule has 0 bridgehead atoms. The average molecular weight is 274 g/mol. The Labute approximate surface area is 122 Å². The molecule has 0 aromatic heterocycles. The molecule has 0 saturated carbocycles. The van der Waals surface area contributed by atoms with Crippen molar-refractivity contribution < 1.29 is 4.74 Å². The second kappa shape index (κ2) is 5.74. The van der Waals surface area contributed by atoms with Crippen molar-refractivity contribution in [3.05, 3.63) is 29.3 Å². The van der Waals surface area contributed by atoms with Gasteiger partial charge in [-0.1, -0.05) is 24.6 Å². The van der Waals surface area contributed by atoms with E-state index in [1.807, 2.05) is 0 Å². The normalized spacial score (nSPS) is 30.1. The summed E-state index contributed by atoms with van der Waals surface area (Å²) in [5, 5.41) is 3.58. The Hall–Kier alpha value is -1.06. The molecule has 0 radical (unpaired) electrons. The van der Waals surface area contributed by atoms with Crippen LogP contribution in [0.3, 0.4) is 0 Å². The number of hydrogen-bond donors (Lipinski definition) is 1. The first-order valence-electron chi connectivity index (χ1n) is 7.89. The van der Waals surface area contributed by atoms with E-state index in [4.69, 9.17) is 4.74 Å². The molecule has 2 aliphatic heterocycles. The highest BCUT2D eigenvalue weighted by atomic mass is 16.5. The largest absolute Gasteiger partial charge is 0.488 e. The topological polar surface area (TPSA) is 24.5 Å². The molecule has 1 N–H and O–H groups in total. The van der Waals surface area contributed by atoms with Gasteiger partial charge in [-0.05, 0) is 31.9 Å². The van der Waals surface area contributed by atoms with Crippen molar-refractivity contribution in [3.8, 4) is 5.75 Å². The molecule has 0 amide bonds. The van der Waals surface area contributed by atoms with Crippen LogP contribution in [0.15, 0.2) is 18.2 Å². The number of benzene rings is 1. The van der Waals surface area contributed by atoms with Gasteiger partial charge in [0.25, 0.3) is 0 Å². The Morgan fingerprint density at radius 2 is 2.25 bits per heavy atom. The summed E-state index contributed by atoms with van der Waals surface area (Å²) in [6.07, 6.45) is 2.59. The lowest BCUT2D eigenvalue weighted by atomic mass is 10.0. The third-order valence-electron chi connectivity index (χ3n) is 4.59. The molecule has 3 heteroatoms. The molecular formula is C17H26N2O. The molecule has 3 nitrogen and oxygen atoms in total. The molecule has 1 saturated heterocycles. The Morgan fingerprint density at radius 3 is 3.05 bits per heavy atom. The quantitative estimate of drug-likeness (QED) is 0.916. The second-order valence-electron chi connectivity index (χ2n) is 6.38. The van der Waals surface area contributed by atoms with E-state index < -0.39 is 0 Å². The Kier molecular flexibility index (Phi) is 3.99. The highest BCUT2D eigenvalue weighted by molar-refractivity contribution is 5.40. The van der Waals surface area contributed by atoms with E-state index in [1.165, 1.54) is 17.5 Å². The first-order chi connectivity index (χ1) is 9.65. The van der Waals surface area contributed by atoms with Crippen molar-refractivity contribution in [2.75, 3.05) is 19.6 Å². The molecule has 0 spiro atoms. The van der Waals surface area contributed by atoms with Crippen LogP contribution < -0.4 is 10.1 Å². The molecule has 3 unspecified atom stereocenters. The number of hydrogen-bond acceptors (Lipinski definition) is 3. The van der Waals surface area contributed by atoms with Crippen molar-refractivity contribution in [1.82, 2.24) is 10.2 Å². The van der Waals surface area contributed by atoms with E-state index in [0.717, 1.165) is 31.8 Å². The average Bonchev–Trinajstić information content (AvgIpc) is 2.80. The maximum absolute atomic E-state index is 6.13. The van der Waals surface area contributed by atoms with Crippen LogP contribution in [-0.4, -0.2) is 42.7 Å². The number of nitrogens with zero attached hydrogens (tertiary/aromatic N) is 1. The third-order valence-corrected chi connectivity index (χ3v) is 4.59. The fourth-order valence-corrected chi connectivity index (χ4v) is 3.47. The molecule has 1 fully saturated rings. The lowest BCUT2D eigenvalue weighted by molar-refractivity contribution is 0.0814. The molecule has 0 aliphatic carbocycles. The number of aryl methyl sites for hydroxylation is 1. The summed E-state index contributed by atoms with van der Waals surface area (Å²) in [6.45, 7) is 10.00. The number of rotatable bonds is 3. The van der Waals surface area contributed by atoms with E-state index in [-0.39, 0.29) is 0 Å². The summed E-state index contributed by atoms with van der Waals surface area (Å²) >= 11 is 0. The van der Waals surface area contributed by atoms with Gasteiger partial charge < -0.3 is 10.1 Å². The van der Waals surface area contributed by atoms with Crippen molar-refractivity contribution >= 4 is 0 Å². The highest BCUT2D eigenvalue weighted by Gasteiger charge is 2.30. The van der Waals surface area contributed by atoms with Gasteiger partial charge in [0.1, 0.15) is 11.9 Å². The molecule has 3 atom stereocenters. The van der Waals surface area contributed by atoms with Crippen LogP contribution in [0, 0.1) is 6.92 Å². The van der Waals surface area contributed by atoms with Crippen LogP contribution in [0.25, 0.3) is 0 Å². The van der Waals surface area contributed by atoms with Crippen LogP contribution in [0.4, 0.5) is 0 Å². The van der Waals surface area contributed by atoms with Gasteiger partial charge >= 0.3 is 0 Å². The van der Waals surface area contributed by atoms with Crippen LogP contribution >= 0.6 is 0 Å². The number of nitrogens with one attached hydrogen (secondary N) is 1. The fraction of sp³-hybridized carbons (Fsp3) is 0.647. The summed E-state index contributed by atoms with van der Waals surface area (Å²) < 4.78 is 6.13. The van der Waals surface area contributed by atoms with Crippen molar-refractivity contribution in [2.24, 2.45) is 0 Å². The minimum atomic E-state index is 0.325. The lowest BCUT2D eigenvalue weighted by Crippen LogP contribution is -2.57. The first-order valence-corrected chi connectivity index (χ1v) is 7.89. The molecule has 110 valence electrons. The standard InChI is InChI=1S/C17H26N2O/c1-4-15-9-18-13(3)10-19(15)11-16-8-14-7-12(2)5-6-17(14)20-16/h5-7,13,15-16,18H,4,8-11H2,1-3H3. The summed E-state index contributed by atoms with van der Waals surface area (Å²) in [6, 6.07) is 7.78. The van der Waals surface area contributed by atoms with Gasteiger partial charge in [-0.15, -0.1) is 0 Å². The molecule has 1 aromatic carbocycles. The molecule has 3 rings (SSSR count). The SMILES string of the molecule is CCC1CNC(C)CN1CC1Cc2cc(C)ccc2O1. The Bertz CT molecular complexity index is 474. The Balaban J connectivity index is 1.64. The second-order valence-corrected chi connectivity index (χ2v) is 6.38. The van der Waals surface area contributed by atoms with Gasteiger partial charge in [-0.2, -0.15) is 0 Å². The lowest BCUT2D eigenvalue weighted by Gasteiger charge is -2.40. The van der Waals surface area contributed by atoms with Crippen LogP contribution in [0.1, 0.15) is 31.4 Å². The van der Waals surface area contributed by atoms with Gasteiger partial charge in [0.2, 0.25) is 0 Å². The minimum absolute atomic E-state index is 0.325. The van der Waals surface area contributed by atoms with Crippen LogP contribution in [0.2, 0.25) is 0 Å². The fourth-order valence-electron chi connectivity index (χ4n) is 3.47. The van der Waals surface area contributed by atoms with Gasteiger partial charge in [-0.25, -0.2) is 0 Å². The number of ether oxygens (including phenoxy) is 1. The predicted molar refractivity (Wildman–Crippen MR) is 82.4 cm³/mol. The zero-order valence-electron chi connectivity index (χ0n) is 12.9. The smallest absolute Gasteiger partial charge is 0.123 e. The number of fused-ring (bicyclic) bond motifs is 1. The third kappa shape index (κ3) is 2.84. The van der Waals surface area contributed by atoms with Gasteiger partial charge in [0.15, 0.2) is 0 Å². The summed E-state index contributed by atoms with van der Waals surface area (Å²) in [4.78, 5) is 2.62. The van der Waals surface area contributed by atoms with E-state index in [2.05, 4.69) is 49.2 Å². The zero-order chi connectivity index (χ0) is 14.1. The highest BCUT2D eigenvalue weighted by Crippen LogP contribution is 2.30. The van der Waals surface area contributed by atoms with Crippen LogP contribution in [0.5, 0.6) is 5.75 Å². The molecule has 2 heterocycles. The predicted octanol–water partition coefficient (Wildman–Crippen LogP) is 2.37. The van der Waals surface area contributed by atoms with Crippen molar-refractivity contribution in [3.63, 3.8) is 0 Å². The summed E-state index contributed by atoms with van der Waals surface area (Å²) in [5.41, 5.74) is 2.71. The molecule has 2 aliphatic rings. The van der Waals surface area contributed by atoms with E-state index >= 15 is 0 Å². The maximum Gasteiger partial charge on any atom is 0.123 e. The van der Waals surface area contributed by atoms with E-state index in [0.29, 0.717) is 18.2 Å².